The smallest absolute Gasteiger partial charge is 0.415 e. The summed E-state index contributed by atoms with van der Waals surface area (Å²) in [5, 5.41) is 25.9. The maximum absolute atomic E-state index is 12.5. The number of aryl methyl sites for hydroxylation is 1. The van der Waals surface area contributed by atoms with E-state index in [9.17, 15) is 13.2 Å². The molecule has 0 amide bonds. The number of halogens is 3. The van der Waals surface area contributed by atoms with Crippen molar-refractivity contribution >= 4 is 22.9 Å². The molecule has 11 heteroatoms. The maximum Gasteiger partial charge on any atom is 0.415 e. The number of alkyl halides is 3. The SMILES string of the molecule is Cc1cc(Nc2cc(O[C@H]3CC[C@@H](NC[C@@H](O)C(F)(F)F)CC3)cc3c2NCN3C)n[nH]1. The van der Waals surface area contributed by atoms with Crippen LogP contribution in [0.25, 0.3) is 0 Å². The lowest BCUT2D eigenvalue weighted by atomic mass is 9.92. The fraction of sp³-hybridized carbons (Fsp3) is 0.571. The molecule has 5 N–H and O–H groups in total. The summed E-state index contributed by atoms with van der Waals surface area (Å²) < 4.78 is 43.7. The summed E-state index contributed by atoms with van der Waals surface area (Å²) in [6.07, 6.45) is -4.10. The molecule has 1 atom stereocenters. The Morgan fingerprint density at radius 2 is 2.00 bits per heavy atom. The number of aromatic nitrogens is 2. The van der Waals surface area contributed by atoms with Crippen molar-refractivity contribution in [1.82, 2.24) is 15.5 Å². The van der Waals surface area contributed by atoms with Gasteiger partial charge < -0.3 is 30.7 Å². The molecular weight excluding hydrogens is 425 g/mol. The van der Waals surface area contributed by atoms with E-state index in [0.717, 1.165) is 41.3 Å². The van der Waals surface area contributed by atoms with Crippen LogP contribution in [0.4, 0.5) is 36.1 Å². The van der Waals surface area contributed by atoms with Crippen molar-refractivity contribution in [3.8, 4) is 5.75 Å². The number of nitrogens with zero attached hydrogens (tertiary/aromatic N) is 2. The summed E-state index contributed by atoms with van der Waals surface area (Å²) in [5.74, 6) is 1.45. The van der Waals surface area contributed by atoms with E-state index in [4.69, 9.17) is 9.84 Å². The molecule has 176 valence electrons. The van der Waals surface area contributed by atoms with Crippen molar-refractivity contribution in [3.05, 3.63) is 23.9 Å². The second-order valence-electron chi connectivity index (χ2n) is 8.52. The highest BCUT2D eigenvalue weighted by molar-refractivity contribution is 5.89. The van der Waals surface area contributed by atoms with E-state index in [1.54, 1.807) is 0 Å². The Kier molecular flexibility index (Phi) is 6.38. The summed E-state index contributed by atoms with van der Waals surface area (Å²) in [4.78, 5) is 2.09. The highest BCUT2D eigenvalue weighted by atomic mass is 19.4. The Bertz CT molecular complexity index is 927. The van der Waals surface area contributed by atoms with Gasteiger partial charge in [0, 0.05) is 43.5 Å². The number of aliphatic hydroxyl groups is 1. The maximum atomic E-state index is 12.5. The van der Waals surface area contributed by atoms with Crippen LogP contribution in [0.5, 0.6) is 5.75 Å². The monoisotopic (exact) mass is 454 g/mol. The van der Waals surface area contributed by atoms with Gasteiger partial charge in [-0.3, -0.25) is 5.10 Å². The topological polar surface area (TPSA) is 97.5 Å². The number of nitrogens with one attached hydrogen (secondary N) is 4. The lowest BCUT2D eigenvalue weighted by molar-refractivity contribution is -0.202. The molecule has 4 rings (SSSR count). The molecule has 0 radical (unpaired) electrons. The van der Waals surface area contributed by atoms with E-state index < -0.39 is 18.8 Å². The van der Waals surface area contributed by atoms with Gasteiger partial charge in [-0.05, 0) is 32.6 Å². The third kappa shape index (κ3) is 5.21. The van der Waals surface area contributed by atoms with Crippen molar-refractivity contribution in [2.24, 2.45) is 0 Å². The minimum Gasteiger partial charge on any atom is -0.490 e. The average molecular weight is 454 g/mol. The second kappa shape index (κ2) is 9.07. The van der Waals surface area contributed by atoms with Gasteiger partial charge in [0.15, 0.2) is 11.9 Å². The van der Waals surface area contributed by atoms with Gasteiger partial charge in [-0.2, -0.15) is 18.3 Å². The Labute approximate surface area is 184 Å². The standard InChI is InChI=1S/C21H29F3N6O2/c1-12-7-19(29-28-12)27-16-8-15(9-17-20(16)26-11-30(17)2)32-14-5-3-13(4-6-14)25-10-18(31)21(22,23)24/h7-9,13-14,18,25-26,31H,3-6,10-11H2,1-2H3,(H2,27,28,29)/t13-,14+,18-/m1/s1. The zero-order valence-corrected chi connectivity index (χ0v) is 18.1. The van der Waals surface area contributed by atoms with Gasteiger partial charge in [0.05, 0.1) is 29.8 Å². The molecule has 1 saturated carbocycles. The molecule has 0 bridgehead atoms. The molecule has 1 aliphatic heterocycles. The van der Waals surface area contributed by atoms with Crippen molar-refractivity contribution < 1.29 is 23.0 Å². The Morgan fingerprint density at radius 1 is 1.25 bits per heavy atom. The van der Waals surface area contributed by atoms with Gasteiger partial charge >= 0.3 is 6.18 Å². The third-order valence-electron chi connectivity index (χ3n) is 5.92. The van der Waals surface area contributed by atoms with Crippen LogP contribution in [0.2, 0.25) is 0 Å². The van der Waals surface area contributed by atoms with E-state index >= 15 is 0 Å². The number of aliphatic hydroxyl groups excluding tert-OH is 1. The quantitative estimate of drug-likeness (QED) is 0.437. The molecule has 2 aromatic rings. The van der Waals surface area contributed by atoms with Gasteiger partial charge in [0.25, 0.3) is 0 Å². The normalized spacial score (nSPS) is 21.8. The zero-order valence-electron chi connectivity index (χ0n) is 18.1. The predicted molar refractivity (Wildman–Crippen MR) is 117 cm³/mol. The number of fused-ring (bicyclic) bond motifs is 1. The number of hydrogen-bond acceptors (Lipinski definition) is 7. The molecule has 1 aliphatic carbocycles. The van der Waals surface area contributed by atoms with Crippen molar-refractivity contribution in [3.63, 3.8) is 0 Å². The lowest BCUT2D eigenvalue weighted by Crippen LogP contribution is -2.44. The highest BCUT2D eigenvalue weighted by Gasteiger charge is 2.38. The van der Waals surface area contributed by atoms with Crippen LogP contribution in [-0.2, 0) is 0 Å². The first-order valence-electron chi connectivity index (χ1n) is 10.8. The van der Waals surface area contributed by atoms with Crippen LogP contribution in [0.3, 0.4) is 0 Å². The van der Waals surface area contributed by atoms with E-state index in [1.165, 1.54) is 0 Å². The first-order valence-corrected chi connectivity index (χ1v) is 10.8. The number of aromatic amines is 1. The number of H-pyrrole nitrogens is 1. The first kappa shape index (κ1) is 22.5. The van der Waals surface area contributed by atoms with Crippen LogP contribution in [-0.4, -0.2) is 60.0 Å². The van der Waals surface area contributed by atoms with Crippen molar-refractivity contribution in [2.75, 3.05) is 35.8 Å². The van der Waals surface area contributed by atoms with E-state index in [-0.39, 0.29) is 12.1 Å². The molecular formula is C21H29F3N6O2. The van der Waals surface area contributed by atoms with Gasteiger partial charge in [0.1, 0.15) is 5.75 Å². The summed E-state index contributed by atoms with van der Waals surface area (Å²) in [7, 11) is 2.00. The van der Waals surface area contributed by atoms with Crippen LogP contribution in [0.15, 0.2) is 18.2 Å². The lowest BCUT2D eigenvalue weighted by Gasteiger charge is -2.30. The van der Waals surface area contributed by atoms with Gasteiger partial charge in [-0.1, -0.05) is 0 Å². The third-order valence-corrected chi connectivity index (χ3v) is 5.92. The summed E-state index contributed by atoms with van der Waals surface area (Å²) in [6.45, 7) is 2.14. The molecule has 0 saturated heterocycles. The minimum atomic E-state index is -4.59. The fourth-order valence-corrected chi connectivity index (χ4v) is 4.13. The van der Waals surface area contributed by atoms with Gasteiger partial charge in [-0.15, -0.1) is 0 Å². The minimum absolute atomic E-state index is 0.0150. The molecule has 1 aromatic carbocycles. The van der Waals surface area contributed by atoms with E-state index in [1.807, 2.05) is 32.2 Å². The Balaban J connectivity index is 1.37. The molecule has 0 unspecified atom stereocenters. The summed E-state index contributed by atoms with van der Waals surface area (Å²) >= 11 is 0. The van der Waals surface area contributed by atoms with E-state index in [2.05, 4.69) is 31.0 Å². The van der Waals surface area contributed by atoms with Gasteiger partial charge in [0.2, 0.25) is 0 Å². The molecule has 8 nitrogen and oxygen atoms in total. The molecule has 1 aromatic heterocycles. The molecule has 0 spiro atoms. The molecule has 2 aliphatic rings. The largest absolute Gasteiger partial charge is 0.490 e. The molecule has 32 heavy (non-hydrogen) atoms. The van der Waals surface area contributed by atoms with Crippen LogP contribution in [0.1, 0.15) is 31.4 Å². The first-order chi connectivity index (χ1) is 15.2. The fourth-order valence-electron chi connectivity index (χ4n) is 4.13. The average Bonchev–Trinajstić information content (AvgIpc) is 3.32. The van der Waals surface area contributed by atoms with Crippen LogP contribution < -0.4 is 25.6 Å². The van der Waals surface area contributed by atoms with Crippen LogP contribution in [0, 0.1) is 6.92 Å². The number of anilines is 4. The summed E-state index contributed by atoms with van der Waals surface area (Å²) in [5.41, 5.74) is 3.82. The van der Waals surface area contributed by atoms with E-state index in [0.29, 0.717) is 25.3 Å². The predicted octanol–water partition coefficient (Wildman–Crippen LogP) is 3.48. The molecule has 2 heterocycles. The number of benzene rings is 1. The van der Waals surface area contributed by atoms with Crippen molar-refractivity contribution in [1.29, 1.82) is 0 Å². The van der Waals surface area contributed by atoms with Crippen LogP contribution >= 0.6 is 0 Å². The molecule has 1 fully saturated rings. The zero-order chi connectivity index (χ0) is 22.9. The van der Waals surface area contributed by atoms with Gasteiger partial charge in [-0.25, -0.2) is 0 Å². The Morgan fingerprint density at radius 3 is 2.66 bits per heavy atom. The number of rotatable bonds is 7. The highest BCUT2D eigenvalue weighted by Crippen LogP contribution is 2.42. The summed E-state index contributed by atoms with van der Waals surface area (Å²) in [6, 6.07) is 5.81. The number of ether oxygens (including phenoxy) is 1. The Hall–Kier alpha value is -2.66. The second-order valence-corrected chi connectivity index (χ2v) is 8.52. The number of hydrogen-bond donors (Lipinski definition) is 5. The van der Waals surface area contributed by atoms with Crippen molar-refractivity contribution in [2.45, 2.75) is 57.0 Å².